The van der Waals surface area contributed by atoms with Gasteiger partial charge in [-0.15, -0.1) is 5.73 Å². The summed E-state index contributed by atoms with van der Waals surface area (Å²) >= 11 is 0. The van der Waals surface area contributed by atoms with Crippen LogP contribution >= 0.6 is 0 Å². The number of rotatable bonds is 2. The van der Waals surface area contributed by atoms with Crippen LogP contribution in [0.15, 0.2) is 16.9 Å². The number of hydrogen-bond donors (Lipinski definition) is 0. The van der Waals surface area contributed by atoms with Gasteiger partial charge < -0.3 is 9.47 Å². The van der Waals surface area contributed by atoms with Gasteiger partial charge in [-0.05, 0) is 0 Å². The normalized spacial score (nSPS) is 20.8. The van der Waals surface area contributed by atoms with Gasteiger partial charge in [-0.2, -0.15) is 0 Å². The molecule has 0 radical (unpaired) electrons. The monoisotopic (exact) mass is 182 g/mol. The van der Waals surface area contributed by atoms with Gasteiger partial charge in [0.05, 0.1) is 13.2 Å². The molecule has 1 heterocycles. The van der Waals surface area contributed by atoms with Crippen molar-refractivity contribution in [3.8, 4) is 0 Å². The molecule has 0 bridgehead atoms. The number of hydrogen-bond acceptors (Lipinski definition) is 3. The van der Waals surface area contributed by atoms with Crippen molar-refractivity contribution >= 4 is 6.29 Å². The van der Waals surface area contributed by atoms with Crippen molar-refractivity contribution in [2.75, 3.05) is 13.2 Å². The second kappa shape index (κ2) is 4.97. The maximum atomic E-state index is 10.2. The van der Waals surface area contributed by atoms with E-state index in [-0.39, 0.29) is 6.29 Å². The quantitative estimate of drug-likeness (QED) is 0.479. The molecule has 1 fully saturated rings. The summed E-state index contributed by atoms with van der Waals surface area (Å²) in [6.07, 6.45) is 1.27. The second-order valence-electron chi connectivity index (χ2n) is 2.54. The molecule has 1 aliphatic heterocycles. The van der Waals surface area contributed by atoms with Crippen LogP contribution in [0.3, 0.4) is 0 Å². The zero-order chi connectivity index (χ0) is 9.68. The Morgan fingerprint density at radius 3 is 2.38 bits per heavy atom. The third-order valence-electron chi connectivity index (χ3n) is 1.75. The fraction of sp³-hybridized carbons (Fsp3) is 0.600. The predicted molar refractivity (Wildman–Crippen MR) is 48.3 cm³/mol. The largest absolute Gasteiger partial charge is 0.346 e. The van der Waals surface area contributed by atoms with E-state index in [4.69, 9.17) is 9.47 Å². The summed E-state index contributed by atoms with van der Waals surface area (Å²) in [5.74, 6) is 0. The predicted octanol–water partition coefficient (Wildman–Crippen LogP) is 1.44. The molecule has 1 saturated heterocycles. The minimum absolute atomic E-state index is 0.223. The van der Waals surface area contributed by atoms with Crippen LogP contribution in [0.4, 0.5) is 0 Å². The molecule has 3 heteroatoms. The molecule has 0 spiro atoms. The molecular weight excluding hydrogens is 168 g/mol. The highest BCUT2D eigenvalue weighted by Crippen LogP contribution is 2.25. The lowest BCUT2D eigenvalue weighted by Crippen LogP contribution is -2.15. The van der Waals surface area contributed by atoms with E-state index in [1.165, 1.54) is 0 Å². The zero-order valence-electron chi connectivity index (χ0n) is 8.00. The summed E-state index contributed by atoms with van der Waals surface area (Å²) < 4.78 is 10.4. The van der Waals surface area contributed by atoms with Crippen LogP contribution in [0.5, 0.6) is 0 Å². The summed E-state index contributed by atoms with van der Waals surface area (Å²) in [5, 5.41) is 0. The van der Waals surface area contributed by atoms with E-state index in [1.54, 1.807) is 0 Å². The van der Waals surface area contributed by atoms with E-state index in [9.17, 15) is 4.79 Å². The first kappa shape index (κ1) is 10.2. The minimum Gasteiger partial charge on any atom is -0.346 e. The Hall–Kier alpha value is -0.890. The van der Waals surface area contributed by atoms with E-state index in [1.807, 2.05) is 13.8 Å². The molecule has 72 valence electrons. The summed E-state index contributed by atoms with van der Waals surface area (Å²) in [4.78, 5) is 10.2. The van der Waals surface area contributed by atoms with Crippen molar-refractivity contribution in [3.05, 3.63) is 16.9 Å². The van der Waals surface area contributed by atoms with Gasteiger partial charge >= 0.3 is 0 Å². The molecule has 0 aromatic carbocycles. The van der Waals surface area contributed by atoms with E-state index >= 15 is 0 Å². The lowest BCUT2D eigenvalue weighted by atomic mass is 9.98. The Bertz CT molecular complexity index is 243. The summed E-state index contributed by atoms with van der Waals surface area (Å²) in [6.45, 7) is 5.29. The molecule has 13 heavy (non-hydrogen) atoms. The second-order valence-corrected chi connectivity index (χ2v) is 2.54. The molecule has 3 nitrogen and oxygen atoms in total. The highest BCUT2D eigenvalue weighted by atomic mass is 16.7. The van der Waals surface area contributed by atoms with Crippen LogP contribution in [-0.4, -0.2) is 25.8 Å². The number of carbonyl (C=O) groups excluding carboxylic acids is 1. The average molecular weight is 182 g/mol. The van der Waals surface area contributed by atoms with Crippen molar-refractivity contribution < 1.29 is 14.3 Å². The first-order chi connectivity index (χ1) is 6.40. The SMILES string of the molecule is CC.O=CC1=C=C(C2OCCO2)C1. The van der Waals surface area contributed by atoms with Gasteiger partial charge in [-0.25, -0.2) is 0 Å². The standard InChI is InChI=1S/C8H8O3.C2H6/c9-5-6-3-7(4-6)8-10-1-2-11-8;1-2/h5,8H,1-3H2;1-2H3. The van der Waals surface area contributed by atoms with Crippen molar-refractivity contribution in [2.24, 2.45) is 0 Å². The van der Waals surface area contributed by atoms with Gasteiger partial charge in [0, 0.05) is 17.6 Å². The third-order valence-corrected chi connectivity index (χ3v) is 1.75. The van der Waals surface area contributed by atoms with Gasteiger partial charge in [0.15, 0.2) is 12.6 Å². The summed E-state index contributed by atoms with van der Waals surface area (Å²) in [7, 11) is 0. The molecule has 0 atom stereocenters. The smallest absolute Gasteiger partial charge is 0.187 e. The average Bonchev–Trinajstić information content (AvgIpc) is 2.59. The van der Waals surface area contributed by atoms with E-state index in [2.05, 4.69) is 5.73 Å². The Morgan fingerprint density at radius 1 is 1.38 bits per heavy atom. The Labute approximate surface area is 78.0 Å². The van der Waals surface area contributed by atoms with E-state index in [0.29, 0.717) is 25.2 Å². The molecule has 2 rings (SSSR count). The molecule has 0 unspecified atom stereocenters. The van der Waals surface area contributed by atoms with Gasteiger partial charge in [0.25, 0.3) is 0 Å². The first-order valence-electron chi connectivity index (χ1n) is 4.57. The van der Waals surface area contributed by atoms with Gasteiger partial charge in [0.1, 0.15) is 0 Å². The van der Waals surface area contributed by atoms with Crippen LogP contribution in [0, 0.1) is 0 Å². The molecule has 0 N–H and O–H groups in total. The maximum Gasteiger partial charge on any atom is 0.187 e. The molecule has 0 amide bonds. The van der Waals surface area contributed by atoms with Gasteiger partial charge in [-0.1, -0.05) is 13.8 Å². The van der Waals surface area contributed by atoms with Crippen molar-refractivity contribution in [2.45, 2.75) is 26.6 Å². The number of aldehydes is 1. The molecule has 0 saturated carbocycles. The highest BCUT2D eigenvalue weighted by molar-refractivity contribution is 5.76. The lowest BCUT2D eigenvalue weighted by molar-refractivity contribution is -0.105. The Balaban J connectivity index is 0.000000396. The van der Waals surface area contributed by atoms with Crippen molar-refractivity contribution in [1.82, 2.24) is 0 Å². The number of carbonyl (C=O) groups is 1. The zero-order valence-corrected chi connectivity index (χ0v) is 8.00. The number of ether oxygens (including phenoxy) is 2. The third kappa shape index (κ3) is 2.28. The summed E-state index contributed by atoms with van der Waals surface area (Å²) in [5.41, 5.74) is 4.56. The minimum atomic E-state index is -0.223. The van der Waals surface area contributed by atoms with Gasteiger partial charge in [0.2, 0.25) is 0 Å². The Morgan fingerprint density at radius 2 is 1.92 bits per heavy atom. The molecule has 0 aromatic rings. The van der Waals surface area contributed by atoms with Gasteiger partial charge in [-0.3, -0.25) is 4.79 Å². The molecule has 1 aliphatic carbocycles. The van der Waals surface area contributed by atoms with E-state index in [0.717, 1.165) is 11.9 Å². The lowest BCUT2D eigenvalue weighted by Gasteiger charge is -2.16. The summed E-state index contributed by atoms with van der Waals surface area (Å²) in [6, 6.07) is 0. The fourth-order valence-electron chi connectivity index (χ4n) is 1.17. The molecular formula is C10H14O3. The van der Waals surface area contributed by atoms with Crippen LogP contribution in [0.1, 0.15) is 20.3 Å². The highest BCUT2D eigenvalue weighted by Gasteiger charge is 2.25. The van der Waals surface area contributed by atoms with Crippen molar-refractivity contribution in [1.29, 1.82) is 0 Å². The maximum absolute atomic E-state index is 10.2. The van der Waals surface area contributed by atoms with Crippen LogP contribution in [-0.2, 0) is 14.3 Å². The fourth-order valence-corrected chi connectivity index (χ4v) is 1.17. The van der Waals surface area contributed by atoms with Crippen molar-refractivity contribution in [3.63, 3.8) is 0 Å². The molecule has 0 aromatic heterocycles. The topological polar surface area (TPSA) is 35.5 Å². The first-order valence-corrected chi connectivity index (χ1v) is 4.57. The van der Waals surface area contributed by atoms with Crippen LogP contribution in [0.25, 0.3) is 0 Å². The molecule has 2 aliphatic rings. The van der Waals surface area contributed by atoms with Crippen LogP contribution in [0.2, 0.25) is 0 Å². The van der Waals surface area contributed by atoms with Crippen LogP contribution < -0.4 is 0 Å². The van der Waals surface area contributed by atoms with E-state index < -0.39 is 0 Å². The Kier molecular flexibility index (Phi) is 3.90.